The number of sulfonamides is 1. The first kappa shape index (κ1) is 28.5. The summed E-state index contributed by atoms with van der Waals surface area (Å²) in [6.07, 6.45) is 1.81. The molecule has 39 heavy (non-hydrogen) atoms. The molecule has 1 saturated carbocycles. The summed E-state index contributed by atoms with van der Waals surface area (Å²) in [7, 11) is -4.33. The third-order valence-electron chi connectivity index (χ3n) is 7.47. The quantitative estimate of drug-likeness (QED) is 0.128. The number of piperidine rings is 1. The van der Waals surface area contributed by atoms with Crippen LogP contribution in [-0.4, -0.2) is 73.3 Å². The number of carbonyl (C=O) groups excluding carboxylic acids is 2. The maximum atomic E-state index is 13.5. The minimum Gasteiger partial charge on any atom is -0.480 e. The number of nitrogens with two attached hydrogens (primary N) is 2. The minimum absolute atomic E-state index is 0.00845. The van der Waals surface area contributed by atoms with E-state index in [1.54, 1.807) is 23.1 Å². The van der Waals surface area contributed by atoms with E-state index in [2.05, 4.69) is 10.0 Å². The summed E-state index contributed by atoms with van der Waals surface area (Å²) in [5.74, 6) is -3.92. The van der Waals surface area contributed by atoms with Crippen LogP contribution in [0.4, 0.5) is 0 Å². The Kier molecular flexibility index (Phi) is 8.23. The van der Waals surface area contributed by atoms with Crippen molar-refractivity contribution >= 4 is 44.4 Å². The van der Waals surface area contributed by atoms with Gasteiger partial charge in [0.25, 0.3) is 0 Å². The molecule has 3 atom stereocenters. The molecule has 4 rings (SSSR count). The van der Waals surface area contributed by atoms with E-state index < -0.39 is 51.6 Å². The van der Waals surface area contributed by atoms with E-state index in [4.69, 9.17) is 16.9 Å². The van der Waals surface area contributed by atoms with Gasteiger partial charge in [-0.3, -0.25) is 15.0 Å². The second-order valence-corrected chi connectivity index (χ2v) is 12.1. The summed E-state index contributed by atoms with van der Waals surface area (Å²) in [5, 5.41) is 21.6. The largest absolute Gasteiger partial charge is 0.480 e. The van der Waals surface area contributed by atoms with Crippen molar-refractivity contribution in [2.24, 2.45) is 23.3 Å². The Bertz CT molecular complexity index is 1390. The number of nitrogens with one attached hydrogen (secondary N) is 3. The number of guanidine groups is 1. The summed E-state index contributed by atoms with van der Waals surface area (Å²) in [6, 6.07) is 9.89. The van der Waals surface area contributed by atoms with E-state index in [1.165, 1.54) is 12.1 Å². The minimum atomic E-state index is -4.33. The number of carbonyl (C=O) groups is 3. The van der Waals surface area contributed by atoms with Gasteiger partial charge in [-0.2, -0.15) is 0 Å². The molecule has 2 fully saturated rings. The molecule has 1 aliphatic heterocycles. The van der Waals surface area contributed by atoms with Crippen molar-refractivity contribution in [3.8, 4) is 0 Å². The number of carboxylic acid groups (broad SMARTS) is 1. The smallest absolute Gasteiger partial charge is 0.331 e. The first-order valence-corrected chi connectivity index (χ1v) is 14.3. The lowest BCUT2D eigenvalue weighted by atomic mass is 9.84. The molecule has 8 N–H and O–H groups in total. The van der Waals surface area contributed by atoms with Gasteiger partial charge in [0, 0.05) is 19.6 Å². The maximum Gasteiger partial charge on any atom is 0.331 e. The van der Waals surface area contributed by atoms with Gasteiger partial charge in [0.2, 0.25) is 15.9 Å². The maximum absolute atomic E-state index is 13.5. The molecule has 13 heteroatoms. The predicted octanol–water partition coefficient (Wildman–Crippen LogP) is 0.360. The number of hydrogen-bond acceptors (Lipinski definition) is 7. The molecule has 2 aromatic rings. The zero-order valence-corrected chi connectivity index (χ0v) is 22.2. The van der Waals surface area contributed by atoms with Crippen molar-refractivity contribution in [3.63, 3.8) is 0 Å². The fraction of sp³-hybridized carbons (Fsp3) is 0.462. The Morgan fingerprint density at radius 1 is 1.13 bits per heavy atom. The van der Waals surface area contributed by atoms with Gasteiger partial charge in [0.15, 0.2) is 17.3 Å². The van der Waals surface area contributed by atoms with Crippen LogP contribution in [0.5, 0.6) is 0 Å². The van der Waals surface area contributed by atoms with Gasteiger partial charge in [-0.05, 0) is 60.4 Å². The van der Waals surface area contributed by atoms with Crippen molar-refractivity contribution in [3.05, 3.63) is 42.5 Å². The first-order valence-electron chi connectivity index (χ1n) is 12.8. The van der Waals surface area contributed by atoms with E-state index >= 15 is 0 Å². The standard InChI is InChI=1S/C26H34N6O6S/c27-25(28)32-11-3-4-16(15-32)14-30-22(33)13-21(23(34)26(29,24(35)36)19-8-9-19)31-39(37,38)20-10-7-17-5-1-2-6-18(17)12-20/h1-2,5-7,10,12,16,19,21,31H,3-4,8-9,11,13-15,29H2,(H3,27,28)(H,30,33)(H,35,36)/t16?,21-,26?/m1/s1. The molecule has 2 aromatic carbocycles. The molecule has 210 valence electrons. The number of hydrogen-bond donors (Lipinski definition) is 6. The van der Waals surface area contributed by atoms with E-state index in [0.717, 1.165) is 18.2 Å². The van der Waals surface area contributed by atoms with Crippen molar-refractivity contribution < 1.29 is 27.9 Å². The van der Waals surface area contributed by atoms with E-state index in [1.807, 2.05) is 12.1 Å². The molecule has 0 spiro atoms. The van der Waals surface area contributed by atoms with E-state index in [0.29, 0.717) is 31.3 Å². The third kappa shape index (κ3) is 6.37. The van der Waals surface area contributed by atoms with Crippen LogP contribution in [0.1, 0.15) is 32.1 Å². The molecule has 1 heterocycles. The van der Waals surface area contributed by atoms with Crippen LogP contribution < -0.4 is 21.5 Å². The number of likely N-dealkylation sites (tertiary alicyclic amines) is 1. The highest BCUT2D eigenvalue weighted by Gasteiger charge is 2.56. The van der Waals surface area contributed by atoms with Crippen molar-refractivity contribution in [2.75, 3.05) is 19.6 Å². The van der Waals surface area contributed by atoms with Gasteiger partial charge >= 0.3 is 5.97 Å². The van der Waals surface area contributed by atoms with Gasteiger partial charge in [0.05, 0.1) is 17.4 Å². The Labute approximate surface area is 226 Å². The zero-order chi connectivity index (χ0) is 28.4. The van der Waals surface area contributed by atoms with Crippen molar-refractivity contribution in [2.45, 2.75) is 48.6 Å². The number of aliphatic carboxylic acids is 1. The summed E-state index contributed by atoms with van der Waals surface area (Å²) < 4.78 is 29.0. The average molecular weight is 559 g/mol. The van der Waals surface area contributed by atoms with Crippen LogP contribution in [0.15, 0.2) is 47.4 Å². The molecule has 0 radical (unpaired) electrons. The van der Waals surface area contributed by atoms with Gasteiger partial charge in [-0.1, -0.05) is 30.3 Å². The Hall–Kier alpha value is -3.55. The first-order chi connectivity index (χ1) is 18.4. The second-order valence-electron chi connectivity index (χ2n) is 10.3. The number of amides is 1. The molecule has 0 aromatic heterocycles. The molecule has 1 saturated heterocycles. The van der Waals surface area contributed by atoms with Gasteiger partial charge in [-0.25, -0.2) is 17.9 Å². The number of nitrogens with zero attached hydrogens (tertiary/aromatic N) is 1. The Morgan fingerprint density at radius 3 is 2.46 bits per heavy atom. The number of carboxylic acids is 1. The van der Waals surface area contributed by atoms with Crippen LogP contribution in [-0.2, 0) is 24.4 Å². The summed E-state index contributed by atoms with van der Waals surface area (Å²) in [5.41, 5.74) is 9.34. The summed E-state index contributed by atoms with van der Waals surface area (Å²) in [4.78, 5) is 40.1. The van der Waals surface area contributed by atoms with Crippen LogP contribution in [0, 0.1) is 17.2 Å². The predicted molar refractivity (Wildman–Crippen MR) is 144 cm³/mol. The van der Waals surface area contributed by atoms with Gasteiger partial charge in [-0.15, -0.1) is 0 Å². The summed E-state index contributed by atoms with van der Waals surface area (Å²) >= 11 is 0. The zero-order valence-electron chi connectivity index (χ0n) is 21.4. The molecular formula is C26H34N6O6S. The molecule has 2 unspecified atom stereocenters. The highest BCUT2D eigenvalue weighted by atomic mass is 32.2. The number of ketones is 1. The van der Waals surface area contributed by atoms with Crippen LogP contribution in [0.2, 0.25) is 0 Å². The molecule has 2 aliphatic rings. The molecule has 12 nitrogen and oxygen atoms in total. The lowest BCUT2D eigenvalue weighted by Gasteiger charge is -2.33. The highest BCUT2D eigenvalue weighted by molar-refractivity contribution is 7.89. The molecule has 1 aliphatic carbocycles. The normalized spacial score (nSPS) is 20.1. The van der Waals surface area contributed by atoms with Crippen LogP contribution in [0.3, 0.4) is 0 Å². The topological polar surface area (TPSA) is 209 Å². The average Bonchev–Trinajstić information content (AvgIpc) is 3.76. The number of rotatable bonds is 11. The van der Waals surface area contributed by atoms with Crippen LogP contribution >= 0.6 is 0 Å². The molecule has 0 bridgehead atoms. The fourth-order valence-electron chi connectivity index (χ4n) is 5.05. The molecular weight excluding hydrogens is 524 g/mol. The summed E-state index contributed by atoms with van der Waals surface area (Å²) in [6.45, 7) is 1.37. The molecule has 1 amide bonds. The number of fused-ring (bicyclic) bond motifs is 1. The lowest BCUT2D eigenvalue weighted by Crippen LogP contribution is -2.63. The number of Topliss-reactive ketones (excluding diaryl/α,β-unsaturated/α-hetero) is 1. The van der Waals surface area contributed by atoms with Gasteiger partial charge < -0.3 is 26.8 Å². The monoisotopic (exact) mass is 558 g/mol. The second kappa shape index (κ2) is 11.3. The SMILES string of the molecule is N=C(N)N1CCCC(CNC(=O)C[C@@H](NS(=O)(=O)c2ccc3ccccc3c2)C(=O)C(N)(C(=O)O)C2CC2)C1. The Balaban J connectivity index is 1.54. The van der Waals surface area contributed by atoms with Gasteiger partial charge in [0.1, 0.15) is 0 Å². The Morgan fingerprint density at radius 2 is 1.82 bits per heavy atom. The third-order valence-corrected chi connectivity index (χ3v) is 8.93. The number of benzene rings is 2. The van der Waals surface area contributed by atoms with E-state index in [-0.39, 0.29) is 23.3 Å². The highest BCUT2D eigenvalue weighted by Crippen LogP contribution is 2.40. The van der Waals surface area contributed by atoms with Crippen molar-refractivity contribution in [1.82, 2.24) is 14.9 Å². The fourth-order valence-corrected chi connectivity index (χ4v) is 6.28. The van der Waals surface area contributed by atoms with E-state index in [9.17, 15) is 27.9 Å². The lowest BCUT2D eigenvalue weighted by molar-refractivity contribution is -0.150. The van der Waals surface area contributed by atoms with Crippen molar-refractivity contribution in [1.29, 1.82) is 5.41 Å². The van der Waals surface area contributed by atoms with Crippen LogP contribution in [0.25, 0.3) is 10.8 Å².